The Morgan fingerprint density at radius 3 is 2.62 bits per heavy atom. The predicted molar refractivity (Wildman–Crippen MR) is 97.2 cm³/mol. The first kappa shape index (κ1) is 18.8. The summed E-state index contributed by atoms with van der Waals surface area (Å²) in [6, 6.07) is 2.23. The van der Waals surface area contributed by atoms with E-state index in [2.05, 4.69) is 15.9 Å². The number of amides is 2. The van der Waals surface area contributed by atoms with Crippen LogP contribution in [0.2, 0.25) is 0 Å². The van der Waals surface area contributed by atoms with Crippen molar-refractivity contribution in [3.63, 3.8) is 0 Å². The normalized spacial score (nSPS) is 22.7. The van der Waals surface area contributed by atoms with Crippen molar-refractivity contribution in [3.05, 3.63) is 27.7 Å². The first-order chi connectivity index (χ1) is 12.5. The summed E-state index contributed by atoms with van der Waals surface area (Å²) in [4.78, 5) is 40.4. The molecule has 2 atom stereocenters. The molecule has 1 aromatic rings. The Morgan fingerprint density at radius 1 is 1.31 bits per heavy atom. The molecule has 2 saturated heterocycles. The van der Waals surface area contributed by atoms with E-state index in [1.54, 1.807) is 12.0 Å². The molecule has 0 radical (unpaired) electrons. The SMILES string of the molecule is CO[C@H]1C[C@@H](C(=O)N2CCCC2)N(C(=O)c2cc(Br)c(O)c(C=O)c2)C1. The van der Waals surface area contributed by atoms with E-state index in [1.165, 1.54) is 17.0 Å². The minimum absolute atomic E-state index is 0.0210. The summed E-state index contributed by atoms with van der Waals surface area (Å²) < 4.78 is 5.65. The van der Waals surface area contributed by atoms with E-state index in [0.717, 1.165) is 25.9 Å². The third-order valence-electron chi connectivity index (χ3n) is 5.03. The number of likely N-dealkylation sites (tertiary alicyclic amines) is 2. The summed E-state index contributed by atoms with van der Waals surface area (Å²) >= 11 is 3.16. The van der Waals surface area contributed by atoms with E-state index in [0.29, 0.717) is 19.3 Å². The lowest BCUT2D eigenvalue weighted by Crippen LogP contribution is -2.47. The Labute approximate surface area is 160 Å². The highest BCUT2D eigenvalue weighted by atomic mass is 79.9. The molecule has 0 saturated carbocycles. The summed E-state index contributed by atoms with van der Waals surface area (Å²) in [6.45, 7) is 1.75. The summed E-state index contributed by atoms with van der Waals surface area (Å²) in [7, 11) is 1.57. The molecule has 2 aliphatic rings. The number of carbonyl (C=O) groups excluding carboxylic acids is 3. The average molecular weight is 425 g/mol. The largest absolute Gasteiger partial charge is 0.506 e. The van der Waals surface area contributed by atoms with Crippen LogP contribution in [-0.2, 0) is 9.53 Å². The van der Waals surface area contributed by atoms with Gasteiger partial charge in [-0.25, -0.2) is 0 Å². The van der Waals surface area contributed by atoms with Crippen molar-refractivity contribution in [1.82, 2.24) is 9.80 Å². The molecule has 0 spiro atoms. The lowest BCUT2D eigenvalue weighted by Gasteiger charge is -2.27. The monoisotopic (exact) mass is 424 g/mol. The van der Waals surface area contributed by atoms with Crippen LogP contribution in [-0.4, -0.2) is 71.9 Å². The molecule has 2 aliphatic heterocycles. The van der Waals surface area contributed by atoms with Gasteiger partial charge < -0.3 is 19.6 Å². The Balaban J connectivity index is 1.89. The van der Waals surface area contributed by atoms with Gasteiger partial charge in [-0.1, -0.05) is 0 Å². The zero-order valence-electron chi connectivity index (χ0n) is 14.5. The summed E-state index contributed by atoms with van der Waals surface area (Å²) in [6.07, 6.45) is 2.70. The van der Waals surface area contributed by atoms with Crippen molar-refractivity contribution in [2.75, 3.05) is 26.7 Å². The Morgan fingerprint density at radius 2 is 2.00 bits per heavy atom. The first-order valence-electron chi connectivity index (χ1n) is 8.56. The van der Waals surface area contributed by atoms with Crippen LogP contribution in [0.1, 0.15) is 40.0 Å². The first-order valence-corrected chi connectivity index (χ1v) is 9.35. The maximum atomic E-state index is 13.1. The number of phenols is 1. The number of carbonyl (C=O) groups is 3. The molecule has 2 heterocycles. The van der Waals surface area contributed by atoms with Gasteiger partial charge >= 0.3 is 0 Å². The molecule has 0 bridgehead atoms. The van der Waals surface area contributed by atoms with Gasteiger partial charge in [0.1, 0.15) is 11.8 Å². The minimum Gasteiger partial charge on any atom is -0.506 e. The van der Waals surface area contributed by atoms with Crippen LogP contribution in [0.5, 0.6) is 5.75 Å². The molecular formula is C18H21BrN2O5. The molecule has 8 heteroatoms. The maximum absolute atomic E-state index is 13.1. The van der Waals surface area contributed by atoms with Crippen molar-refractivity contribution in [3.8, 4) is 5.75 Å². The molecule has 26 heavy (non-hydrogen) atoms. The zero-order valence-corrected chi connectivity index (χ0v) is 16.1. The standard InChI is InChI=1S/C18H21BrN2O5/c1-26-13-8-15(18(25)20-4-2-3-5-20)21(9-13)17(24)11-6-12(10-22)16(23)14(19)7-11/h6-7,10,13,15,23H,2-5,8-9H2,1H3/t13-,15-/m0/s1. The van der Waals surface area contributed by atoms with Crippen molar-refractivity contribution >= 4 is 34.0 Å². The van der Waals surface area contributed by atoms with Crippen LogP contribution in [0.4, 0.5) is 0 Å². The number of hydrogen-bond acceptors (Lipinski definition) is 5. The van der Waals surface area contributed by atoms with E-state index in [1.807, 2.05) is 0 Å². The fourth-order valence-corrected chi connectivity index (χ4v) is 4.05. The number of aldehydes is 1. The molecule has 0 unspecified atom stereocenters. The van der Waals surface area contributed by atoms with Gasteiger partial charge in [-0.05, 0) is 40.9 Å². The van der Waals surface area contributed by atoms with E-state index < -0.39 is 6.04 Å². The smallest absolute Gasteiger partial charge is 0.254 e. The molecule has 2 fully saturated rings. The number of phenolic OH excluding ortho intramolecular Hbond substituents is 1. The fraction of sp³-hybridized carbons (Fsp3) is 0.500. The van der Waals surface area contributed by atoms with Crippen LogP contribution >= 0.6 is 15.9 Å². The number of hydrogen-bond donors (Lipinski definition) is 1. The van der Waals surface area contributed by atoms with Crippen LogP contribution in [0.3, 0.4) is 0 Å². The number of aromatic hydroxyl groups is 1. The van der Waals surface area contributed by atoms with Gasteiger partial charge in [-0.3, -0.25) is 14.4 Å². The number of methoxy groups -OCH3 is 1. The van der Waals surface area contributed by atoms with E-state index in [4.69, 9.17) is 4.74 Å². The molecule has 2 amide bonds. The molecule has 0 aromatic heterocycles. The molecule has 140 valence electrons. The highest BCUT2D eigenvalue weighted by Gasteiger charge is 2.42. The Kier molecular flexibility index (Phi) is 5.62. The van der Waals surface area contributed by atoms with E-state index >= 15 is 0 Å². The molecule has 0 aliphatic carbocycles. The highest BCUT2D eigenvalue weighted by molar-refractivity contribution is 9.10. The Bertz CT molecular complexity index is 733. The van der Waals surface area contributed by atoms with Crippen LogP contribution in [0.15, 0.2) is 16.6 Å². The molecule has 1 aromatic carbocycles. The third kappa shape index (κ3) is 3.48. The van der Waals surface area contributed by atoms with Crippen LogP contribution < -0.4 is 0 Å². The third-order valence-corrected chi connectivity index (χ3v) is 5.63. The van der Waals surface area contributed by atoms with Gasteiger partial charge in [-0.15, -0.1) is 0 Å². The minimum atomic E-state index is -0.571. The summed E-state index contributed by atoms with van der Waals surface area (Å²) in [5.74, 6) is -0.618. The van der Waals surface area contributed by atoms with Gasteiger partial charge in [0, 0.05) is 38.7 Å². The van der Waals surface area contributed by atoms with Gasteiger partial charge in [0.05, 0.1) is 16.1 Å². The van der Waals surface area contributed by atoms with Gasteiger partial charge in [0.2, 0.25) is 5.91 Å². The summed E-state index contributed by atoms with van der Waals surface area (Å²) in [5.41, 5.74) is 0.264. The average Bonchev–Trinajstić information content (AvgIpc) is 3.32. The van der Waals surface area contributed by atoms with Crippen LogP contribution in [0.25, 0.3) is 0 Å². The molecule has 7 nitrogen and oxygen atoms in total. The predicted octanol–water partition coefficient (Wildman–Crippen LogP) is 1.82. The number of benzene rings is 1. The number of nitrogens with zero attached hydrogens (tertiary/aromatic N) is 2. The van der Waals surface area contributed by atoms with E-state index in [9.17, 15) is 19.5 Å². The van der Waals surface area contributed by atoms with Gasteiger partial charge in [0.25, 0.3) is 5.91 Å². The fourth-order valence-electron chi connectivity index (χ4n) is 3.57. The Hall–Kier alpha value is -1.93. The van der Waals surface area contributed by atoms with E-state index in [-0.39, 0.29) is 39.3 Å². The van der Waals surface area contributed by atoms with Crippen molar-refractivity contribution < 1.29 is 24.2 Å². The molecular weight excluding hydrogens is 404 g/mol. The number of ether oxygens (including phenoxy) is 1. The molecule has 3 rings (SSSR count). The second-order valence-electron chi connectivity index (χ2n) is 6.61. The van der Waals surface area contributed by atoms with Gasteiger partial charge in [0.15, 0.2) is 6.29 Å². The second kappa shape index (κ2) is 7.75. The second-order valence-corrected chi connectivity index (χ2v) is 7.47. The summed E-state index contributed by atoms with van der Waals surface area (Å²) in [5, 5.41) is 9.85. The van der Waals surface area contributed by atoms with Crippen molar-refractivity contribution in [2.24, 2.45) is 0 Å². The van der Waals surface area contributed by atoms with Gasteiger partial charge in [-0.2, -0.15) is 0 Å². The van der Waals surface area contributed by atoms with Crippen molar-refractivity contribution in [1.29, 1.82) is 0 Å². The maximum Gasteiger partial charge on any atom is 0.254 e. The highest BCUT2D eigenvalue weighted by Crippen LogP contribution is 2.31. The quantitative estimate of drug-likeness (QED) is 0.744. The lowest BCUT2D eigenvalue weighted by molar-refractivity contribution is -0.134. The number of halogens is 1. The topological polar surface area (TPSA) is 87.2 Å². The molecule has 1 N–H and O–H groups in total. The zero-order chi connectivity index (χ0) is 18.8. The van der Waals surface area contributed by atoms with Crippen molar-refractivity contribution in [2.45, 2.75) is 31.4 Å². The lowest BCUT2D eigenvalue weighted by atomic mass is 10.1. The van der Waals surface area contributed by atoms with Crippen LogP contribution in [0, 0.1) is 0 Å². The number of rotatable bonds is 4.